The Balaban J connectivity index is 1.25. The van der Waals surface area contributed by atoms with Crippen molar-refractivity contribution < 1.29 is 0 Å². The molecule has 3 nitrogen and oxygen atoms in total. The van der Waals surface area contributed by atoms with Gasteiger partial charge in [0, 0.05) is 44.5 Å². The van der Waals surface area contributed by atoms with E-state index >= 15 is 0 Å². The van der Waals surface area contributed by atoms with Crippen molar-refractivity contribution in [2.24, 2.45) is 0 Å². The molecule has 2 aromatic carbocycles. The molecule has 0 aliphatic carbocycles. The highest BCUT2D eigenvalue weighted by molar-refractivity contribution is 5.46. The number of benzene rings is 2. The topological polar surface area (TPSA) is 9.72 Å². The van der Waals surface area contributed by atoms with Gasteiger partial charge in [-0.15, -0.1) is 0 Å². The van der Waals surface area contributed by atoms with E-state index in [9.17, 15) is 0 Å². The molecule has 2 aromatic rings. The van der Waals surface area contributed by atoms with Gasteiger partial charge in [0.2, 0.25) is 0 Å². The molecule has 0 radical (unpaired) electrons. The van der Waals surface area contributed by atoms with E-state index in [0.29, 0.717) is 0 Å². The SMILES string of the molecule is Cc1ccccc1CN1CCC(N2CCN(c3ccccc3)CC2)CC1. The van der Waals surface area contributed by atoms with Crippen LogP contribution >= 0.6 is 0 Å². The highest BCUT2D eigenvalue weighted by Gasteiger charge is 2.27. The lowest BCUT2D eigenvalue weighted by Gasteiger charge is -2.43. The molecule has 0 bridgehead atoms. The number of piperazine rings is 1. The molecule has 2 aliphatic rings. The summed E-state index contributed by atoms with van der Waals surface area (Å²) in [4.78, 5) is 7.91. The van der Waals surface area contributed by atoms with Gasteiger partial charge in [0.15, 0.2) is 0 Å². The van der Waals surface area contributed by atoms with Crippen molar-refractivity contribution in [3.8, 4) is 0 Å². The fraction of sp³-hybridized carbons (Fsp3) is 0.478. The van der Waals surface area contributed by atoms with Crippen LogP contribution in [-0.2, 0) is 6.54 Å². The third-order valence-corrected chi connectivity index (χ3v) is 6.16. The summed E-state index contributed by atoms with van der Waals surface area (Å²) < 4.78 is 0. The predicted octanol–water partition coefficient (Wildman–Crippen LogP) is 3.78. The Labute approximate surface area is 158 Å². The number of nitrogens with zero attached hydrogens (tertiary/aromatic N) is 3. The summed E-state index contributed by atoms with van der Waals surface area (Å²) in [5.74, 6) is 0. The molecule has 26 heavy (non-hydrogen) atoms. The second-order valence-corrected chi connectivity index (χ2v) is 7.79. The Morgan fingerprint density at radius 1 is 0.769 bits per heavy atom. The lowest BCUT2D eigenvalue weighted by molar-refractivity contribution is 0.0997. The van der Waals surface area contributed by atoms with Crippen molar-refractivity contribution in [1.29, 1.82) is 0 Å². The van der Waals surface area contributed by atoms with Crippen LogP contribution in [0.1, 0.15) is 24.0 Å². The second-order valence-electron chi connectivity index (χ2n) is 7.79. The average molecular weight is 350 g/mol. The third kappa shape index (κ3) is 4.11. The summed E-state index contributed by atoms with van der Waals surface area (Å²) in [6.07, 6.45) is 2.63. The standard InChI is InChI=1S/C23H31N3/c1-20-7-5-6-8-21(20)19-24-13-11-23(12-14-24)26-17-15-25(16-18-26)22-9-3-2-4-10-22/h2-10,23H,11-19H2,1H3. The van der Waals surface area contributed by atoms with Gasteiger partial charge in [-0.3, -0.25) is 9.80 Å². The molecule has 2 fully saturated rings. The summed E-state index contributed by atoms with van der Waals surface area (Å²) in [6, 6.07) is 20.5. The summed E-state index contributed by atoms with van der Waals surface area (Å²) in [5.41, 5.74) is 4.29. The molecule has 0 unspecified atom stereocenters. The van der Waals surface area contributed by atoms with Crippen LogP contribution in [0.15, 0.2) is 54.6 Å². The summed E-state index contributed by atoms with van der Waals surface area (Å²) in [7, 11) is 0. The molecular weight excluding hydrogens is 318 g/mol. The first-order valence-electron chi connectivity index (χ1n) is 10.1. The molecule has 4 rings (SSSR count). The largest absolute Gasteiger partial charge is 0.369 e. The molecule has 2 heterocycles. The number of hydrogen-bond donors (Lipinski definition) is 0. The fourth-order valence-corrected chi connectivity index (χ4v) is 4.46. The molecule has 3 heteroatoms. The van der Waals surface area contributed by atoms with E-state index in [0.717, 1.165) is 25.7 Å². The van der Waals surface area contributed by atoms with E-state index in [1.807, 2.05) is 0 Å². The van der Waals surface area contributed by atoms with Crippen LogP contribution in [0.3, 0.4) is 0 Å². The van der Waals surface area contributed by atoms with Gasteiger partial charge >= 0.3 is 0 Å². The van der Waals surface area contributed by atoms with Gasteiger partial charge in [0.25, 0.3) is 0 Å². The van der Waals surface area contributed by atoms with E-state index in [-0.39, 0.29) is 0 Å². The Morgan fingerprint density at radius 3 is 2.12 bits per heavy atom. The lowest BCUT2D eigenvalue weighted by atomic mass is 10.0. The molecule has 2 aliphatic heterocycles. The van der Waals surface area contributed by atoms with Crippen LogP contribution in [0.4, 0.5) is 5.69 Å². The summed E-state index contributed by atoms with van der Waals surface area (Å²) in [5, 5.41) is 0. The van der Waals surface area contributed by atoms with Crippen molar-refractivity contribution in [2.75, 3.05) is 44.2 Å². The summed E-state index contributed by atoms with van der Waals surface area (Å²) in [6.45, 7) is 10.5. The lowest BCUT2D eigenvalue weighted by Crippen LogP contribution is -2.53. The van der Waals surface area contributed by atoms with Gasteiger partial charge < -0.3 is 4.90 Å². The molecular formula is C23H31N3. The van der Waals surface area contributed by atoms with Crippen molar-refractivity contribution in [3.63, 3.8) is 0 Å². The van der Waals surface area contributed by atoms with Crippen LogP contribution < -0.4 is 4.90 Å². The smallest absolute Gasteiger partial charge is 0.0367 e. The Kier molecular flexibility index (Phi) is 5.57. The molecule has 138 valence electrons. The Hall–Kier alpha value is -1.84. The minimum absolute atomic E-state index is 0.779. The molecule has 0 saturated carbocycles. The van der Waals surface area contributed by atoms with E-state index < -0.39 is 0 Å². The third-order valence-electron chi connectivity index (χ3n) is 6.16. The first kappa shape index (κ1) is 17.6. The van der Waals surface area contributed by atoms with Gasteiger partial charge in [0.1, 0.15) is 0 Å². The van der Waals surface area contributed by atoms with Crippen molar-refractivity contribution in [3.05, 3.63) is 65.7 Å². The van der Waals surface area contributed by atoms with Gasteiger partial charge in [-0.25, -0.2) is 0 Å². The van der Waals surface area contributed by atoms with Gasteiger partial charge in [-0.1, -0.05) is 42.5 Å². The van der Waals surface area contributed by atoms with Crippen LogP contribution in [0.5, 0.6) is 0 Å². The van der Waals surface area contributed by atoms with Crippen LogP contribution in [0, 0.1) is 6.92 Å². The number of rotatable bonds is 4. The molecule has 0 aromatic heterocycles. The van der Waals surface area contributed by atoms with Crippen LogP contribution in [0.25, 0.3) is 0 Å². The highest BCUT2D eigenvalue weighted by atomic mass is 15.3. The van der Waals surface area contributed by atoms with Crippen molar-refractivity contribution >= 4 is 5.69 Å². The Morgan fingerprint density at radius 2 is 1.42 bits per heavy atom. The molecule has 0 amide bonds. The molecule has 0 atom stereocenters. The van der Waals surface area contributed by atoms with Gasteiger partial charge in [0.05, 0.1) is 0 Å². The number of piperidine rings is 1. The zero-order chi connectivity index (χ0) is 17.8. The number of likely N-dealkylation sites (tertiary alicyclic amines) is 1. The quantitative estimate of drug-likeness (QED) is 0.832. The number of para-hydroxylation sites is 1. The zero-order valence-electron chi connectivity index (χ0n) is 16.0. The van der Waals surface area contributed by atoms with Crippen molar-refractivity contribution in [1.82, 2.24) is 9.80 Å². The van der Waals surface area contributed by atoms with E-state index in [1.165, 1.54) is 55.8 Å². The maximum absolute atomic E-state index is 2.74. The Bertz CT molecular complexity index is 684. The van der Waals surface area contributed by atoms with E-state index in [4.69, 9.17) is 0 Å². The summed E-state index contributed by atoms with van der Waals surface area (Å²) >= 11 is 0. The maximum Gasteiger partial charge on any atom is 0.0367 e. The number of aryl methyl sites for hydroxylation is 1. The normalized spacial score (nSPS) is 20.4. The van der Waals surface area contributed by atoms with Gasteiger partial charge in [-0.2, -0.15) is 0 Å². The van der Waals surface area contributed by atoms with E-state index in [1.54, 1.807) is 0 Å². The first-order chi connectivity index (χ1) is 12.8. The highest BCUT2D eigenvalue weighted by Crippen LogP contribution is 2.22. The second kappa shape index (κ2) is 8.24. The monoisotopic (exact) mass is 349 g/mol. The fourth-order valence-electron chi connectivity index (χ4n) is 4.46. The van der Waals surface area contributed by atoms with Crippen molar-refractivity contribution in [2.45, 2.75) is 32.4 Å². The molecule has 0 spiro atoms. The molecule has 2 saturated heterocycles. The first-order valence-corrected chi connectivity index (χ1v) is 10.1. The van der Waals surface area contributed by atoms with E-state index in [2.05, 4.69) is 76.2 Å². The predicted molar refractivity (Wildman–Crippen MR) is 110 cm³/mol. The number of anilines is 1. The van der Waals surface area contributed by atoms with Crippen LogP contribution in [0.2, 0.25) is 0 Å². The zero-order valence-corrected chi connectivity index (χ0v) is 16.0. The van der Waals surface area contributed by atoms with Crippen LogP contribution in [-0.4, -0.2) is 55.1 Å². The molecule has 0 N–H and O–H groups in total. The number of hydrogen-bond acceptors (Lipinski definition) is 3. The minimum atomic E-state index is 0.779. The minimum Gasteiger partial charge on any atom is -0.369 e. The maximum atomic E-state index is 2.74. The average Bonchev–Trinajstić information content (AvgIpc) is 2.71. The van der Waals surface area contributed by atoms with Gasteiger partial charge in [-0.05, 0) is 56.1 Å².